The van der Waals surface area contributed by atoms with E-state index in [1.54, 1.807) is 7.11 Å². The van der Waals surface area contributed by atoms with Gasteiger partial charge in [-0.25, -0.2) is 0 Å². The van der Waals surface area contributed by atoms with Crippen molar-refractivity contribution < 1.29 is 4.74 Å². The average Bonchev–Trinajstić information content (AvgIpc) is 3.26. The van der Waals surface area contributed by atoms with Gasteiger partial charge in [0.1, 0.15) is 11.4 Å². The quantitative estimate of drug-likeness (QED) is 0.521. The molecule has 0 aliphatic carbocycles. The van der Waals surface area contributed by atoms with Crippen molar-refractivity contribution in [3.8, 4) is 17.0 Å². The molecule has 5 heteroatoms. The number of hydrogen-bond donors (Lipinski definition) is 2. The molecular weight excluding hydrogens is 324 g/mol. The third-order valence-corrected chi connectivity index (χ3v) is 5.05. The molecule has 2 aromatic carbocycles. The van der Waals surface area contributed by atoms with E-state index in [4.69, 9.17) is 4.74 Å². The van der Waals surface area contributed by atoms with Crippen LogP contribution in [0.2, 0.25) is 0 Å². The second kappa shape index (κ2) is 6.16. The highest BCUT2D eigenvalue weighted by Crippen LogP contribution is 2.40. The van der Waals surface area contributed by atoms with Crippen LogP contribution in [0, 0.1) is 0 Å². The van der Waals surface area contributed by atoms with Crippen LogP contribution in [0.4, 0.5) is 0 Å². The third kappa shape index (κ3) is 2.46. The molecule has 4 aromatic rings. The zero-order chi connectivity index (χ0) is 18.4. The number of ether oxygens (including phenoxy) is 1. The van der Waals surface area contributed by atoms with Gasteiger partial charge >= 0.3 is 0 Å². The summed E-state index contributed by atoms with van der Waals surface area (Å²) in [5, 5.41) is 17.4. The van der Waals surface area contributed by atoms with Gasteiger partial charge in [-0.1, -0.05) is 33.8 Å². The second-order valence-electron chi connectivity index (χ2n) is 7.39. The van der Waals surface area contributed by atoms with E-state index in [-0.39, 0.29) is 0 Å². The van der Waals surface area contributed by atoms with E-state index in [9.17, 15) is 0 Å². The van der Waals surface area contributed by atoms with Crippen LogP contribution in [0.1, 0.15) is 50.7 Å². The predicted molar refractivity (Wildman–Crippen MR) is 106 cm³/mol. The van der Waals surface area contributed by atoms with Crippen molar-refractivity contribution in [2.75, 3.05) is 7.11 Å². The highest BCUT2D eigenvalue weighted by Gasteiger charge is 2.20. The molecule has 0 atom stereocenters. The lowest BCUT2D eigenvalue weighted by Crippen LogP contribution is -1.97. The van der Waals surface area contributed by atoms with Gasteiger partial charge in [-0.15, -0.1) is 0 Å². The summed E-state index contributed by atoms with van der Waals surface area (Å²) in [6.45, 7) is 8.74. The highest BCUT2D eigenvalue weighted by molar-refractivity contribution is 6.03. The molecule has 2 N–H and O–H groups in total. The summed E-state index contributed by atoms with van der Waals surface area (Å²) in [6.07, 6.45) is 1.88. The summed E-state index contributed by atoms with van der Waals surface area (Å²) in [5.74, 6) is 1.68. The minimum Gasteiger partial charge on any atom is -0.496 e. The van der Waals surface area contributed by atoms with Crippen molar-refractivity contribution in [2.24, 2.45) is 0 Å². The number of hydrogen-bond acceptors (Lipinski definition) is 3. The first-order valence-electron chi connectivity index (χ1n) is 9.03. The molecule has 0 spiro atoms. The first-order valence-corrected chi connectivity index (χ1v) is 9.03. The molecule has 0 bridgehead atoms. The lowest BCUT2D eigenvalue weighted by atomic mass is 9.93. The fourth-order valence-electron chi connectivity index (χ4n) is 3.66. The molecule has 0 radical (unpaired) electrons. The zero-order valence-corrected chi connectivity index (χ0v) is 15.8. The molecule has 2 aromatic heterocycles. The van der Waals surface area contributed by atoms with Gasteiger partial charge in [-0.3, -0.25) is 10.2 Å². The van der Waals surface area contributed by atoms with Crippen LogP contribution in [0.5, 0.6) is 5.75 Å². The summed E-state index contributed by atoms with van der Waals surface area (Å²) >= 11 is 0. The van der Waals surface area contributed by atoms with Crippen molar-refractivity contribution in [1.82, 2.24) is 20.4 Å². The van der Waals surface area contributed by atoms with Crippen LogP contribution in [-0.4, -0.2) is 27.5 Å². The summed E-state index contributed by atoms with van der Waals surface area (Å²) in [7, 11) is 1.72. The molecule has 134 valence electrons. The minimum atomic E-state index is 0.336. The Morgan fingerprint density at radius 2 is 1.77 bits per heavy atom. The molecule has 5 nitrogen and oxygen atoms in total. The first kappa shape index (κ1) is 16.6. The van der Waals surface area contributed by atoms with Crippen LogP contribution < -0.4 is 4.74 Å². The average molecular weight is 348 g/mol. The summed E-state index contributed by atoms with van der Waals surface area (Å²) in [5.41, 5.74) is 6.42. The fraction of sp³-hybridized carbons (Fsp3) is 0.333. The number of methoxy groups -OCH3 is 1. The number of nitrogens with one attached hydrogen (secondary N) is 2. The number of nitrogens with zero attached hydrogens (tertiary/aromatic N) is 2. The molecule has 0 amide bonds. The Morgan fingerprint density at radius 1 is 0.962 bits per heavy atom. The Morgan fingerprint density at radius 3 is 2.46 bits per heavy atom. The Bertz CT molecular complexity index is 1090. The van der Waals surface area contributed by atoms with Crippen LogP contribution in [-0.2, 0) is 0 Å². The predicted octanol–water partition coefficient (Wildman–Crippen LogP) is 5.36. The fourth-order valence-corrected chi connectivity index (χ4v) is 3.66. The van der Waals surface area contributed by atoms with Gasteiger partial charge in [0, 0.05) is 21.9 Å². The van der Waals surface area contributed by atoms with Gasteiger partial charge in [0.2, 0.25) is 0 Å². The van der Waals surface area contributed by atoms with Crippen LogP contribution >= 0.6 is 0 Å². The number of aromatic nitrogens is 4. The highest BCUT2D eigenvalue weighted by atomic mass is 16.5. The monoisotopic (exact) mass is 348 g/mol. The molecule has 0 saturated carbocycles. The van der Waals surface area contributed by atoms with E-state index < -0.39 is 0 Å². The van der Waals surface area contributed by atoms with Crippen LogP contribution in [0.25, 0.3) is 33.1 Å². The van der Waals surface area contributed by atoms with Gasteiger partial charge in [0.15, 0.2) is 0 Å². The molecule has 0 fully saturated rings. The molecule has 0 unspecified atom stereocenters. The van der Waals surface area contributed by atoms with E-state index in [2.05, 4.69) is 72.4 Å². The molecule has 0 saturated heterocycles. The summed E-state index contributed by atoms with van der Waals surface area (Å²) < 4.78 is 5.72. The normalized spacial score (nSPS) is 12.0. The number of aromatic amines is 2. The van der Waals surface area contributed by atoms with E-state index in [0.29, 0.717) is 11.8 Å². The standard InChI is InChI=1S/C21H24N4O/c1-11(2)13-6-7-17-14(8-13)20(25-23-17)15-9-18(26-5)19(12(3)4)16-10-22-24-21(15)16/h6-12H,1-5H3,(H,22,24)(H,23,25). The van der Waals surface area contributed by atoms with Gasteiger partial charge < -0.3 is 4.74 Å². The van der Waals surface area contributed by atoms with Gasteiger partial charge in [0.25, 0.3) is 0 Å². The maximum atomic E-state index is 5.72. The third-order valence-electron chi connectivity index (χ3n) is 5.05. The summed E-state index contributed by atoms with van der Waals surface area (Å²) in [6, 6.07) is 8.56. The maximum Gasteiger partial charge on any atom is 0.123 e. The van der Waals surface area contributed by atoms with Crippen molar-refractivity contribution >= 4 is 21.8 Å². The zero-order valence-electron chi connectivity index (χ0n) is 15.8. The maximum absolute atomic E-state index is 5.72. The number of H-pyrrole nitrogens is 2. The number of fused-ring (bicyclic) bond motifs is 2. The lowest BCUT2D eigenvalue weighted by Gasteiger charge is -2.15. The topological polar surface area (TPSA) is 66.6 Å². The van der Waals surface area contributed by atoms with E-state index in [1.165, 1.54) is 11.1 Å². The Hall–Kier alpha value is -2.82. The van der Waals surface area contributed by atoms with Gasteiger partial charge in [0.05, 0.1) is 24.3 Å². The Balaban J connectivity index is 2.03. The van der Waals surface area contributed by atoms with Crippen molar-refractivity contribution in [2.45, 2.75) is 39.5 Å². The van der Waals surface area contributed by atoms with Crippen LogP contribution in [0.15, 0.2) is 30.5 Å². The molecule has 2 heterocycles. The molecule has 0 aliphatic heterocycles. The van der Waals surface area contributed by atoms with Gasteiger partial charge in [-0.2, -0.15) is 10.2 Å². The van der Waals surface area contributed by atoms with Gasteiger partial charge in [-0.05, 0) is 35.6 Å². The SMILES string of the molecule is COc1cc(-c2n[nH]c3ccc(C(C)C)cc23)c2[nH]ncc2c1C(C)C. The van der Waals surface area contributed by atoms with Crippen molar-refractivity contribution in [1.29, 1.82) is 0 Å². The first-order chi connectivity index (χ1) is 12.5. The number of benzene rings is 2. The smallest absolute Gasteiger partial charge is 0.123 e. The van der Waals surface area contributed by atoms with E-state index >= 15 is 0 Å². The Kier molecular flexibility index (Phi) is 3.94. The van der Waals surface area contributed by atoms with E-state index in [0.717, 1.165) is 38.8 Å². The Labute approximate surface area is 152 Å². The second-order valence-corrected chi connectivity index (χ2v) is 7.39. The number of rotatable bonds is 4. The van der Waals surface area contributed by atoms with Crippen molar-refractivity contribution in [3.05, 3.63) is 41.6 Å². The minimum absolute atomic E-state index is 0.336. The summed E-state index contributed by atoms with van der Waals surface area (Å²) in [4.78, 5) is 0. The molecule has 26 heavy (non-hydrogen) atoms. The van der Waals surface area contributed by atoms with E-state index in [1.807, 2.05) is 6.20 Å². The molecule has 0 aliphatic rings. The molecular formula is C21H24N4O. The van der Waals surface area contributed by atoms with Crippen LogP contribution in [0.3, 0.4) is 0 Å². The largest absolute Gasteiger partial charge is 0.496 e. The van der Waals surface area contributed by atoms with Crippen molar-refractivity contribution in [3.63, 3.8) is 0 Å². The molecule has 4 rings (SSSR count). The lowest BCUT2D eigenvalue weighted by molar-refractivity contribution is 0.409.